The number of fused-ring (bicyclic) bond motifs is 1. The van der Waals surface area contributed by atoms with E-state index in [1.54, 1.807) is 11.8 Å². The maximum atomic E-state index is 13.3. The van der Waals surface area contributed by atoms with Crippen LogP contribution in [0.2, 0.25) is 0 Å². The number of aromatic nitrogens is 2. The van der Waals surface area contributed by atoms with Crippen LogP contribution in [0.4, 0.5) is 0 Å². The molecule has 0 aliphatic carbocycles. The van der Waals surface area contributed by atoms with Crippen LogP contribution >= 0.6 is 11.8 Å². The summed E-state index contributed by atoms with van der Waals surface area (Å²) in [6, 6.07) is 13.7. The summed E-state index contributed by atoms with van der Waals surface area (Å²) in [4.78, 5) is 35.0. The lowest BCUT2D eigenvalue weighted by Crippen LogP contribution is -2.50. The molecule has 0 unspecified atom stereocenters. The first-order valence-electron chi connectivity index (χ1n) is 11.2. The molecule has 0 saturated carbocycles. The van der Waals surface area contributed by atoms with Crippen LogP contribution in [0.3, 0.4) is 0 Å². The molecular weight excluding hydrogens is 420 g/mol. The maximum absolute atomic E-state index is 13.3. The average molecular weight is 451 g/mol. The van der Waals surface area contributed by atoms with E-state index in [-0.39, 0.29) is 11.8 Å². The SMILES string of the molecule is CC(C)CCC(=O)N1CCN(C(=O)c2ccccc2SCc2cn3ccccc3n2)CC1. The van der Waals surface area contributed by atoms with E-state index in [1.807, 2.05) is 69.1 Å². The molecule has 168 valence electrons. The van der Waals surface area contributed by atoms with Crippen molar-refractivity contribution in [3.63, 3.8) is 0 Å². The second-order valence-electron chi connectivity index (χ2n) is 8.59. The summed E-state index contributed by atoms with van der Waals surface area (Å²) >= 11 is 1.63. The summed E-state index contributed by atoms with van der Waals surface area (Å²) < 4.78 is 2.01. The van der Waals surface area contributed by atoms with Crippen LogP contribution in [0.1, 0.15) is 42.7 Å². The minimum atomic E-state index is 0.0392. The molecule has 2 aromatic heterocycles. The van der Waals surface area contributed by atoms with Gasteiger partial charge in [-0.2, -0.15) is 0 Å². The van der Waals surface area contributed by atoms with Crippen LogP contribution in [-0.2, 0) is 10.5 Å². The molecule has 0 atom stereocenters. The van der Waals surface area contributed by atoms with Gasteiger partial charge in [-0.05, 0) is 36.6 Å². The number of hydrogen-bond donors (Lipinski definition) is 0. The van der Waals surface area contributed by atoms with Gasteiger partial charge in [0.1, 0.15) is 5.65 Å². The molecule has 1 aliphatic rings. The summed E-state index contributed by atoms with van der Waals surface area (Å²) in [5.74, 6) is 1.47. The van der Waals surface area contributed by atoms with Gasteiger partial charge >= 0.3 is 0 Å². The average Bonchev–Trinajstić information content (AvgIpc) is 3.24. The molecule has 4 rings (SSSR count). The molecule has 32 heavy (non-hydrogen) atoms. The molecule has 1 aliphatic heterocycles. The first-order chi connectivity index (χ1) is 15.5. The summed E-state index contributed by atoms with van der Waals surface area (Å²) in [6.07, 6.45) is 5.52. The van der Waals surface area contributed by atoms with Gasteiger partial charge in [0.25, 0.3) is 5.91 Å². The summed E-state index contributed by atoms with van der Waals surface area (Å²) in [5, 5.41) is 0. The van der Waals surface area contributed by atoms with Gasteiger partial charge in [0.2, 0.25) is 5.91 Å². The van der Waals surface area contributed by atoms with Gasteiger partial charge in [0.05, 0.1) is 11.3 Å². The number of imidazole rings is 1. The van der Waals surface area contributed by atoms with Crippen LogP contribution in [0.25, 0.3) is 5.65 Å². The molecule has 6 nitrogen and oxygen atoms in total. The van der Waals surface area contributed by atoms with Crippen molar-refractivity contribution in [2.75, 3.05) is 26.2 Å². The lowest BCUT2D eigenvalue weighted by Gasteiger charge is -2.35. The topological polar surface area (TPSA) is 57.9 Å². The number of benzene rings is 1. The molecule has 3 heterocycles. The van der Waals surface area contributed by atoms with E-state index in [2.05, 4.69) is 18.8 Å². The van der Waals surface area contributed by atoms with Crippen LogP contribution in [0.15, 0.2) is 59.8 Å². The van der Waals surface area contributed by atoms with Gasteiger partial charge in [-0.15, -0.1) is 11.8 Å². The predicted octanol–water partition coefficient (Wildman–Crippen LogP) is 4.35. The molecule has 1 fully saturated rings. The number of rotatable bonds is 7. The number of carbonyl (C=O) groups is 2. The van der Waals surface area contributed by atoms with Gasteiger partial charge in [-0.3, -0.25) is 9.59 Å². The number of carbonyl (C=O) groups excluding carboxylic acids is 2. The van der Waals surface area contributed by atoms with Gasteiger partial charge in [-0.25, -0.2) is 4.98 Å². The quantitative estimate of drug-likeness (QED) is 0.502. The number of nitrogens with zero attached hydrogens (tertiary/aromatic N) is 4. The van der Waals surface area contributed by atoms with Crippen molar-refractivity contribution in [1.82, 2.24) is 19.2 Å². The fourth-order valence-corrected chi connectivity index (χ4v) is 4.81. The van der Waals surface area contributed by atoms with Crippen LogP contribution in [0, 0.1) is 5.92 Å². The number of pyridine rings is 1. The third kappa shape index (κ3) is 5.33. The lowest BCUT2D eigenvalue weighted by atomic mass is 10.1. The molecular formula is C25H30N4O2S. The Bertz CT molecular complexity index is 1050. The highest BCUT2D eigenvalue weighted by Crippen LogP contribution is 2.27. The van der Waals surface area contributed by atoms with E-state index < -0.39 is 0 Å². The van der Waals surface area contributed by atoms with E-state index >= 15 is 0 Å². The van der Waals surface area contributed by atoms with Gasteiger partial charge < -0.3 is 14.2 Å². The van der Waals surface area contributed by atoms with Crippen molar-refractivity contribution in [3.05, 3.63) is 66.1 Å². The Hall–Kier alpha value is -2.80. The van der Waals surface area contributed by atoms with Crippen LogP contribution < -0.4 is 0 Å². The van der Waals surface area contributed by atoms with Crippen molar-refractivity contribution in [3.8, 4) is 0 Å². The molecule has 1 saturated heterocycles. The number of hydrogen-bond acceptors (Lipinski definition) is 4. The minimum absolute atomic E-state index is 0.0392. The van der Waals surface area contributed by atoms with Crippen LogP contribution in [-0.4, -0.2) is 57.2 Å². The first kappa shape index (κ1) is 22.4. The van der Waals surface area contributed by atoms with Gasteiger partial charge in [0, 0.05) is 55.6 Å². The highest BCUT2D eigenvalue weighted by Gasteiger charge is 2.26. The van der Waals surface area contributed by atoms with E-state index in [0.717, 1.165) is 28.2 Å². The Morgan fingerprint density at radius 2 is 1.72 bits per heavy atom. The Kier molecular flexibility index (Phi) is 7.15. The standard InChI is InChI=1S/C25H30N4O2S/c1-19(2)10-11-24(30)27-13-15-28(16-14-27)25(31)21-7-3-4-8-22(21)32-18-20-17-29-12-6-5-9-23(29)26-20/h3-9,12,17,19H,10-11,13-16,18H2,1-2H3. The van der Waals surface area contributed by atoms with E-state index in [4.69, 9.17) is 0 Å². The van der Waals surface area contributed by atoms with Crippen molar-refractivity contribution < 1.29 is 9.59 Å². The Balaban J connectivity index is 1.37. The first-order valence-corrected chi connectivity index (χ1v) is 12.2. The fraction of sp³-hybridized carbons (Fsp3) is 0.400. The molecule has 2 amide bonds. The normalized spacial score (nSPS) is 14.3. The van der Waals surface area contributed by atoms with Crippen molar-refractivity contribution in [2.45, 2.75) is 37.3 Å². The van der Waals surface area contributed by atoms with Crippen molar-refractivity contribution in [2.24, 2.45) is 5.92 Å². The van der Waals surface area contributed by atoms with Gasteiger partial charge in [-0.1, -0.05) is 32.0 Å². The van der Waals surface area contributed by atoms with Crippen LogP contribution in [0.5, 0.6) is 0 Å². The van der Waals surface area contributed by atoms with E-state index in [0.29, 0.717) is 44.3 Å². The molecule has 3 aromatic rings. The highest BCUT2D eigenvalue weighted by molar-refractivity contribution is 7.98. The second-order valence-corrected chi connectivity index (χ2v) is 9.61. The Labute approximate surface area is 193 Å². The maximum Gasteiger partial charge on any atom is 0.255 e. The summed E-state index contributed by atoms with van der Waals surface area (Å²) in [7, 11) is 0. The summed E-state index contributed by atoms with van der Waals surface area (Å²) in [6.45, 7) is 6.65. The summed E-state index contributed by atoms with van der Waals surface area (Å²) in [5.41, 5.74) is 2.63. The number of thioether (sulfide) groups is 1. The van der Waals surface area contributed by atoms with Crippen molar-refractivity contribution >= 4 is 29.2 Å². The van der Waals surface area contributed by atoms with E-state index in [1.165, 1.54) is 0 Å². The highest BCUT2D eigenvalue weighted by atomic mass is 32.2. The minimum Gasteiger partial charge on any atom is -0.339 e. The van der Waals surface area contributed by atoms with Crippen molar-refractivity contribution in [1.29, 1.82) is 0 Å². The Morgan fingerprint density at radius 1 is 1.00 bits per heavy atom. The fourth-order valence-electron chi connectivity index (χ4n) is 3.88. The van der Waals surface area contributed by atoms with Gasteiger partial charge in [0.15, 0.2) is 0 Å². The zero-order valence-electron chi connectivity index (χ0n) is 18.7. The largest absolute Gasteiger partial charge is 0.339 e. The zero-order valence-corrected chi connectivity index (χ0v) is 19.6. The molecule has 0 radical (unpaired) electrons. The number of amides is 2. The monoisotopic (exact) mass is 450 g/mol. The molecule has 0 N–H and O–H groups in total. The molecule has 1 aromatic carbocycles. The smallest absolute Gasteiger partial charge is 0.255 e. The zero-order chi connectivity index (χ0) is 22.5. The molecule has 0 spiro atoms. The lowest BCUT2D eigenvalue weighted by molar-refractivity contribution is -0.132. The number of piperazine rings is 1. The third-order valence-electron chi connectivity index (χ3n) is 5.76. The van der Waals surface area contributed by atoms with E-state index in [9.17, 15) is 9.59 Å². The molecule has 0 bridgehead atoms. The molecule has 7 heteroatoms. The second kappa shape index (κ2) is 10.2. The third-order valence-corrected chi connectivity index (χ3v) is 6.87. The predicted molar refractivity (Wildman–Crippen MR) is 128 cm³/mol. The Morgan fingerprint density at radius 3 is 2.47 bits per heavy atom.